The molecule has 11 heteroatoms. The molecule has 0 aromatic heterocycles. The Morgan fingerprint density at radius 3 is 1.67 bits per heavy atom. The summed E-state index contributed by atoms with van der Waals surface area (Å²) >= 11 is 0. The fourth-order valence-electron chi connectivity index (χ4n) is 8.64. The molecule has 0 aliphatic heterocycles. The lowest BCUT2D eigenvalue weighted by Gasteiger charge is -2.23. The van der Waals surface area contributed by atoms with Crippen LogP contribution in [-0.2, 0) is 40.0 Å². The number of hydrogen-bond acceptors (Lipinski definition) is 8. The zero-order valence-corrected chi connectivity index (χ0v) is 40.5. The van der Waals surface area contributed by atoms with Crippen LogP contribution in [0.1, 0.15) is 179 Å². The summed E-state index contributed by atoms with van der Waals surface area (Å²) in [5.74, 6) is -1.17. The Kier molecular flexibility index (Phi) is 24.4. The Morgan fingerprint density at radius 2 is 1.09 bits per heavy atom. The van der Waals surface area contributed by atoms with Crippen LogP contribution in [0.5, 0.6) is 0 Å². The van der Waals surface area contributed by atoms with E-state index in [2.05, 4.69) is 47.1 Å². The second kappa shape index (κ2) is 30.2. The van der Waals surface area contributed by atoms with Gasteiger partial charge in [0.05, 0.1) is 5.92 Å². The van der Waals surface area contributed by atoms with Gasteiger partial charge in [-0.15, -0.1) is 0 Å². The number of esters is 2. The third kappa shape index (κ3) is 20.5. The maximum absolute atomic E-state index is 13.2. The third-order valence-corrected chi connectivity index (χ3v) is 12.1. The fourth-order valence-corrected chi connectivity index (χ4v) is 8.64. The molecule has 4 rings (SSSR count). The van der Waals surface area contributed by atoms with Crippen molar-refractivity contribution in [3.05, 3.63) is 95.6 Å². The number of alkyl carbamates (subject to hydrolysis) is 1. The zero-order chi connectivity index (χ0) is 47.4. The number of benzene rings is 3. The molecular weight excluding hydrogens is 831 g/mol. The van der Waals surface area contributed by atoms with Crippen molar-refractivity contribution in [1.82, 2.24) is 16.0 Å². The quantitative estimate of drug-likeness (QED) is 0.0318. The van der Waals surface area contributed by atoms with Crippen LogP contribution in [0, 0.1) is 5.92 Å². The van der Waals surface area contributed by atoms with Crippen LogP contribution in [0.25, 0.3) is 11.1 Å². The summed E-state index contributed by atoms with van der Waals surface area (Å²) in [6.45, 7) is 8.56. The van der Waals surface area contributed by atoms with Gasteiger partial charge in [0.15, 0.2) is 0 Å². The van der Waals surface area contributed by atoms with Gasteiger partial charge >= 0.3 is 18.0 Å². The standard InChI is InChI=1S/C55H79N3O8/c1-5-27-43(52(61)66-55(2,3)4)30-21-16-14-12-10-8-6-7-9-11-13-15-17-22-35-51(60)58-49(53(62)64-40-42-28-19-18-20-29-42)36-37-50(59)56-38-39-57-54(63)65-41-48-46-33-25-23-31-44(46)45-32-24-26-34-47(45)48/h18-20,23-26,28-29,31-34,43,48-49H,5-17,21-22,27,30,35-41H2,1-4H3,(H,56,59)(H,57,63)(H,58,60)/t43-,49-/m0/s1. The highest BCUT2D eigenvalue weighted by Crippen LogP contribution is 2.44. The van der Waals surface area contributed by atoms with Gasteiger partial charge in [-0.1, -0.05) is 176 Å². The molecule has 0 bridgehead atoms. The fraction of sp³-hybridized carbons (Fsp3) is 0.582. The number of hydrogen-bond donors (Lipinski definition) is 3. The highest BCUT2D eigenvalue weighted by molar-refractivity contribution is 5.85. The Hall–Kier alpha value is -5.19. The van der Waals surface area contributed by atoms with Crippen molar-refractivity contribution in [3.8, 4) is 11.1 Å². The minimum Gasteiger partial charge on any atom is -0.460 e. The summed E-state index contributed by atoms with van der Waals surface area (Å²) in [6.07, 6.45) is 18.8. The van der Waals surface area contributed by atoms with E-state index in [0.717, 1.165) is 79.2 Å². The van der Waals surface area contributed by atoms with Crippen molar-refractivity contribution in [2.24, 2.45) is 5.92 Å². The molecule has 2 atom stereocenters. The molecule has 0 fully saturated rings. The van der Waals surface area contributed by atoms with E-state index in [4.69, 9.17) is 14.2 Å². The molecule has 0 radical (unpaired) electrons. The van der Waals surface area contributed by atoms with Gasteiger partial charge in [0.25, 0.3) is 0 Å². The SMILES string of the molecule is CCC[C@@H](CCCCCCCCCCCCCCCCC(=O)N[C@@H](CCC(=O)NCCNC(=O)OCC1c2ccccc2-c2ccccc21)C(=O)OCc1ccccc1)C(=O)OC(C)(C)C. The smallest absolute Gasteiger partial charge is 0.407 e. The normalized spacial score (nSPS) is 12.9. The number of ether oxygens (including phenoxy) is 3. The number of unbranched alkanes of at least 4 members (excludes halogenated alkanes) is 13. The number of amides is 3. The van der Waals surface area contributed by atoms with Gasteiger partial charge in [-0.2, -0.15) is 0 Å². The van der Waals surface area contributed by atoms with E-state index in [0.29, 0.717) is 6.42 Å². The van der Waals surface area contributed by atoms with Gasteiger partial charge in [-0.05, 0) is 74.3 Å². The minimum atomic E-state index is -0.958. The maximum atomic E-state index is 13.2. The summed E-state index contributed by atoms with van der Waals surface area (Å²) in [5.41, 5.74) is 4.97. The molecule has 0 unspecified atom stereocenters. The van der Waals surface area contributed by atoms with E-state index in [-0.39, 0.29) is 68.8 Å². The van der Waals surface area contributed by atoms with Gasteiger partial charge in [0, 0.05) is 31.8 Å². The summed E-state index contributed by atoms with van der Waals surface area (Å²) in [5, 5.41) is 8.30. The van der Waals surface area contributed by atoms with Crippen molar-refractivity contribution < 1.29 is 38.2 Å². The van der Waals surface area contributed by atoms with E-state index in [9.17, 15) is 24.0 Å². The topological polar surface area (TPSA) is 149 Å². The predicted octanol–water partition coefficient (Wildman–Crippen LogP) is 11.6. The van der Waals surface area contributed by atoms with E-state index in [1.807, 2.05) is 75.4 Å². The van der Waals surface area contributed by atoms with Crippen molar-refractivity contribution in [3.63, 3.8) is 0 Å². The van der Waals surface area contributed by atoms with Crippen LogP contribution < -0.4 is 16.0 Å². The zero-order valence-electron chi connectivity index (χ0n) is 40.5. The molecular formula is C55H79N3O8. The van der Waals surface area contributed by atoms with E-state index < -0.39 is 23.7 Å². The second-order valence-corrected chi connectivity index (χ2v) is 18.9. The first-order valence-electron chi connectivity index (χ1n) is 25.0. The molecule has 66 heavy (non-hydrogen) atoms. The predicted molar refractivity (Wildman–Crippen MR) is 262 cm³/mol. The van der Waals surface area contributed by atoms with Gasteiger partial charge in [-0.3, -0.25) is 14.4 Å². The number of fused-ring (bicyclic) bond motifs is 3. The molecule has 362 valence electrons. The van der Waals surface area contributed by atoms with Crippen molar-refractivity contribution in [1.29, 1.82) is 0 Å². The van der Waals surface area contributed by atoms with Crippen LogP contribution in [-0.4, -0.2) is 61.2 Å². The highest BCUT2D eigenvalue weighted by Gasteiger charge is 2.29. The molecule has 3 amide bonds. The second-order valence-electron chi connectivity index (χ2n) is 18.9. The molecule has 1 aliphatic carbocycles. The molecule has 0 saturated carbocycles. The monoisotopic (exact) mass is 910 g/mol. The molecule has 3 aromatic carbocycles. The number of rotatable bonds is 32. The first-order valence-corrected chi connectivity index (χ1v) is 25.0. The van der Waals surface area contributed by atoms with Crippen molar-refractivity contribution in [2.75, 3.05) is 19.7 Å². The van der Waals surface area contributed by atoms with E-state index >= 15 is 0 Å². The van der Waals surface area contributed by atoms with Crippen LogP contribution in [0.4, 0.5) is 4.79 Å². The molecule has 0 spiro atoms. The average Bonchev–Trinajstić information content (AvgIpc) is 3.62. The van der Waals surface area contributed by atoms with Crippen molar-refractivity contribution >= 4 is 29.8 Å². The lowest BCUT2D eigenvalue weighted by Crippen LogP contribution is -2.43. The van der Waals surface area contributed by atoms with Crippen LogP contribution in [0.2, 0.25) is 0 Å². The summed E-state index contributed by atoms with van der Waals surface area (Å²) in [6, 6.07) is 24.7. The third-order valence-electron chi connectivity index (χ3n) is 12.1. The summed E-state index contributed by atoms with van der Waals surface area (Å²) in [7, 11) is 0. The van der Waals surface area contributed by atoms with Gasteiger partial charge < -0.3 is 30.2 Å². The molecule has 0 saturated heterocycles. The molecule has 3 N–H and O–H groups in total. The van der Waals surface area contributed by atoms with Gasteiger partial charge in [-0.25, -0.2) is 9.59 Å². The highest BCUT2D eigenvalue weighted by atomic mass is 16.6. The maximum Gasteiger partial charge on any atom is 0.407 e. The Morgan fingerprint density at radius 1 is 0.561 bits per heavy atom. The molecule has 3 aromatic rings. The Bertz CT molecular complexity index is 1870. The Labute approximate surface area is 395 Å². The first-order chi connectivity index (χ1) is 31.9. The van der Waals surface area contributed by atoms with Crippen molar-refractivity contribution in [2.45, 2.75) is 180 Å². The number of nitrogens with one attached hydrogen (secondary N) is 3. The summed E-state index contributed by atoms with van der Waals surface area (Å²) < 4.78 is 16.8. The van der Waals surface area contributed by atoms with Crippen LogP contribution in [0.15, 0.2) is 78.9 Å². The van der Waals surface area contributed by atoms with E-state index in [1.54, 1.807) is 0 Å². The first kappa shape index (κ1) is 53.4. The number of carbonyl (C=O) groups excluding carboxylic acids is 5. The molecule has 11 nitrogen and oxygen atoms in total. The lowest BCUT2D eigenvalue weighted by molar-refractivity contribution is -0.160. The van der Waals surface area contributed by atoms with E-state index in [1.165, 1.54) is 57.8 Å². The average molecular weight is 910 g/mol. The van der Waals surface area contributed by atoms with Crippen LogP contribution in [0.3, 0.4) is 0 Å². The largest absolute Gasteiger partial charge is 0.460 e. The minimum absolute atomic E-state index is 0.00536. The Balaban J connectivity index is 1.03. The number of carbonyl (C=O) groups is 5. The lowest BCUT2D eigenvalue weighted by atomic mass is 9.95. The molecule has 0 heterocycles. The van der Waals surface area contributed by atoms with Crippen LogP contribution >= 0.6 is 0 Å². The van der Waals surface area contributed by atoms with Gasteiger partial charge in [0.2, 0.25) is 11.8 Å². The van der Waals surface area contributed by atoms with Gasteiger partial charge in [0.1, 0.15) is 24.9 Å². The summed E-state index contributed by atoms with van der Waals surface area (Å²) in [4.78, 5) is 64.0. The molecule has 1 aliphatic rings.